The fraction of sp³-hybridized carbons (Fsp3) is 0.111. The number of hydrogen-bond donors (Lipinski definition) is 0. The Labute approximate surface area is 142 Å². The number of fused-ring (bicyclic) bond motifs is 1. The van der Waals surface area contributed by atoms with Gasteiger partial charge in [-0.15, -0.1) is 11.3 Å². The molecule has 0 saturated heterocycles. The fourth-order valence-corrected chi connectivity index (χ4v) is 3.41. The molecule has 0 aliphatic rings. The zero-order valence-electron chi connectivity index (χ0n) is 13.0. The van der Waals surface area contributed by atoms with Crippen LogP contribution in [0.4, 0.5) is 0 Å². The third-order valence-electron chi connectivity index (χ3n) is 3.76. The van der Waals surface area contributed by atoms with Gasteiger partial charge in [0.25, 0.3) is 0 Å². The number of hydrogen-bond acceptors (Lipinski definition) is 5. The molecule has 0 fully saturated rings. The van der Waals surface area contributed by atoms with Crippen LogP contribution < -0.4 is 0 Å². The van der Waals surface area contributed by atoms with Gasteiger partial charge in [0.2, 0.25) is 0 Å². The van der Waals surface area contributed by atoms with Crippen LogP contribution in [0, 0.1) is 6.92 Å². The van der Waals surface area contributed by atoms with E-state index in [4.69, 9.17) is 0 Å². The van der Waals surface area contributed by atoms with Crippen molar-refractivity contribution in [1.29, 1.82) is 0 Å². The Hall–Kier alpha value is -2.86. The highest BCUT2D eigenvalue weighted by atomic mass is 32.1. The molecule has 5 nitrogen and oxygen atoms in total. The van der Waals surface area contributed by atoms with Crippen LogP contribution in [0.15, 0.2) is 54.3 Å². The molecule has 3 heterocycles. The van der Waals surface area contributed by atoms with E-state index in [0.29, 0.717) is 11.2 Å². The lowest BCUT2D eigenvalue weighted by Crippen LogP contribution is -2.07. The first-order valence-corrected chi connectivity index (χ1v) is 8.42. The number of thiazole rings is 1. The Morgan fingerprint density at radius 3 is 2.79 bits per heavy atom. The van der Waals surface area contributed by atoms with Gasteiger partial charge in [-0.2, -0.15) is 5.10 Å². The van der Waals surface area contributed by atoms with Gasteiger partial charge in [0.05, 0.1) is 12.0 Å². The molecule has 0 aliphatic heterocycles. The molecule has 0 N–H and O–H groups in total. The first-order chi connectivity index (χ1) is 11.7. The number of aromatic nitrogens is 4. The minimum Gasteiger partial charge on any atom is -0.294 e. The van der Waals surface area contributed by atoms with Crippen LogP contribution in [-0.2, 0) is 6.42 Å². The van der Waals surface area contributed by atoms with Gasteiger partial charge in [0, 0.05) is 22.8 Å². The number of carbonyl (C=O) groups is 1. The second-order valence-corrected chi connectivity index (χ2v) is 6.46. The van der Waals surface area contributed by atoms with Gasteiger partial charge in [-0.25, -0.2) is 14.5 Å². The van der Waals surface area contributed by atoms with Crippen molar-refractivity contribution >= 4 is 22.8 Å². The van der Waals surface area contributed by atoms with Gasteiger partial charge in [0.15, 0.2) is 11.4 Å². The highest BCUT2D eigenvalue weighted by Gasteiger charge is 2.16. The van der Waals surface area contributed by atoms with Gasteiger partial charge in [0.1, 0.15) is 11.3 Å². The first-order valence-electron chi connectivity index (χ1n) is 7.54. The molecule has 24 heavy (non-hydrogen) atoms. The zero-order valence-corrected chi connectivity index (χ0v) is 13.8. The molecule has 1 aromatic carbocycles. The maximum absolute atomic E-state index is 12.8. The highest BCUT2D eigenvalue weighted by Crippen LogP contribution is 2.23. The molecule has 0 saturated carbocycles. The van der Waals surface area contributed by atoms with Crippen LogP contribution in [0.1, 0.15) is 21.1 Å². The summed E-state index contributed by atoms with van der Waals surface area (Å²) in [6.45, 7) is 1.93. The number of carbonyl (C=O) groups excluding carboxylic acids is 1. The molecular formula is C18H14N4OS. The van der Waals surface area contributed by atoms with Crippen LogP contribution in [0.2, 0.25) is 0 Å². The summed E-state index contributed by atoms with van der Waals surface area (Å²) in [6.07, 6.45) is 3.63. The molecule has 0 bridgehead atoms. The van der Waals surface area contributed by atoms with E-state index < -0.39 is 0 Å². The number of benzene rings is 1. The largest absolute Gasteiger partial charge is 0.294 e. The van der Waals surface area contributed by atoms with Crippen LogP contribution in [0.25, 0.3) is 16.8 Å². The van der Waals surface area contributed by atoms with Crippen molar-refractivity contribution in [3.05, 3.63) is 70.6 Å². The Morgan fingerprint density at radius 2 is 2.04 bits per heavy atom. The minimum absolute atomic E-state index is 0.000121. The van der Waals surface area contributed by atoms with E-state index in [1.165, 1.54) is 17.7 Å². The second-order valence-electron chi connectivity index (χ2n) is 5.52. The van der Waals surface area contributed by atoms with Crippen molar-refractivity contribution in [2.45, 2.75) is 13.3 Å². The van der Waals surface area contributed by atoms with Crippen LogP contribution in [0.3, 0.4) is 0 Å². The van der Waals surface area contributed by atoms with E-state index in [0.717, 1.165) is 21.8 Å². The van der Waals surface area contributed by atoms with Gasteiger partial charge in [-0.05, 0) is 18.6 Å². The molecule has 0 radical (unpaired) electrons. The quantitative estimate of drug-likeness (QED) is 0.535. The predicted molar refractivity (Wildman–Crippen MR) is 93.3 cm³/mol. The molecule has 118 valence electrons. The normalized spacial score (nSPS) is 11.0. The summed E-state index contributed by atoms with van der Waals surface area (Å²) in [5.74, 6) is 0.000121. The first kappa shape index (κ1) is 14.7. The highest BCUT2D eigenvalue weighted by molar-refractivity contribution is 7.09. The molecular weight excluding hydrogens is 320 g/mol. The lowest BCUT2D eigenvalue weighted by Gasteiger charge is -2.07. The lowest BCUT2D eigenvalue weighted by atomic mass is 10.0. The van der Waals surface area contributed by atoms with E-state index in [2.05, 4.69) is 15.1 Å². The van der Waals surface area contributed by atoms with Crippen molar-refractivity contribution in [3.63, 3.8) is 0 Å². The maximum Gasteiger partial charge on any atom is 0.173 e. The van der Waals surface area contributed by atoms with Crippen molar-refractivity contribution < 1.29 is 4.79 Å². The monoisotopic (exact) mass is 334 g/mol. The van der Waals surface area contributed by atoms with Crippen molar-refractivity contribution in [2.75, 3.05) is 0 Å². The summed E-state index contributed by atoms with van der Waals surface area (Å²) in [5, 5.41) is 6.97. The van der Waals surface area contributed by atoms with Crippen molar-refractivity contribution in [2.24, 2.45) is 0 Å². The third kappa shape index (κ3) is 2.72. The summed E-state index contributed by atoms with van der Waals surface area (Å²) in [5.41, 5.74) is 4.06. The minimum atomic E-state index is 0.000121. The zero-order chi connectivity index (χ0) is 16.5. The van der Waals surface area contributed by atoms with Crippen molar-refractivity contribution in [3.8, 4) is 11.1 Å². The van der Waals surface area contributed by atoms with Crippen LogP contribution in [0.5, 0.6) is 0 Å². The Kier molecular flexibility index (Phi) is 3.66. The molecule has 4 rings (SSSR count). The number of ketones is 1. The van der Waals surface area contributed by atoms with Gasteiger partial charge < -0.3 is 0 Å². The fourth-order valence-electron chi connectivity index (χ4n) is 2.64. The van der Waals surface area contributed by atoms with Gasteiger partial charge in [-0.3, -0.25) is 4.79 Å². The van der Waals surface area contributed by atoms with E-state index in [9.17, 15) is 4.79 Å². The number of Topliss-reactive ketones (excluding diaryl/α,β-unsaturated/α-hetero) is 1. The van der Waals surface area contributed by atoms with Crippen LogP contribution in [-0.4, -0.2) is 25.4 Å². The van der Waals surface area contributed by atoms with E-state index in [1.807, 2.05) is 54.9 Å². The van der Waals surface area contributed by atoms with E-state index in [1.54, 1.807) is 4.52 Å². The standard InChI is InChI=1S/C18H14N4OS/c1-12-10-24-17(21-12)8-16(23)15-7-14(13-5-3-2-4-6-13)9-22-18(15)19-11-20-22/h2-7,9-11H,8H2,1H3. The Bertz CT molecular complexity index is 1020. The van der Waals surface area contributed by atoms with E-state index in [-0.39, 0.29) is 12.2 Å². The average Bonchev–Trinajstić information content (AvgIpc) is 3.23. The average molecular weight is 334 g/mol. The van der Waals surface area contributed by atoms with Gasteiger partial charge in [-0.1, -0.05) is 30.3 Å². The topological polar surface area (TPSA) is 60.2 Å². The van der Waals surface area contributed by atoms with Gasteiger partial charge >= 0.3 is 0 Å². The number of nitrogens with zero attached hydrogens (tertiary/aromatic N) is 4. The molecule has 0 aliphatic carbocycles. The van der Waals surface area contributed by atoms with Crippen molar-refractivity contribution in [1.82, 2.24) is 19.6 Å². The summed E-state index contributed by atoms with van der Waals surface area (Å²) in [6, 6.07) is 11.8. The maximum atomic E-state index is 12.8. The second kappa shape index (κ2) is 5.98. The molecule has 6 heteroatoms. The predicted octanol–water partition coefficient (Wildman–Crippen LogP) is 3.59. The third-order valence-corrected chi connectivity index (χ3v) is 4.73. The molecule has 0 atom stereocenters. The molecule has 3 aromatic heterocycles. The Morgan fingerprint density at radius 1 is 1.21 bits per heavy atom. The summed E-state index contributed by atoms with van der Waals surface area (Å²) >= 11 is 1.51. The number of rotatable bonds is 4. The van der Waals surface area contributed by atoms with E-state index >= 15 is 0 Å². The summed E-state index contributed by atoms with van der Waals surface area (Å²) in [4.78, 5) is 21.4. The van der Waals surface area contributed by atoms with Crippen LogP contribution >= 0.6 is 11.3 Å². The lowest BCUT2D eigenvalue weighted by molar-refractivity contribution is 0.0994. The molecule has 0 spiro atoms. The number of aryl methyl sites for hydroxylation is 1. The SMILES string of the molecule is Cc1csc(CC(=O)c2cc(-c3ccccc3)cn3ncnc23)n1. The summed E-state index contributed by atoms with van der Waals surface area (Å²) < 4.78 is 1.66. The molecule has 4 aromatic rings. The smallest absolute Gasteiger partial charge is 0.173 e. The molecule has 0 unspecified atom stereocenters. The number of pyridine rings is 1. The molecule has 0 amide bonds. The summed E-state index contributed by atoms with van der Waals surface area (Å²) in [7, 11) is 0. The Balaban J connectivity index is 1.78.